The molecule has 0 aliphatic carbocycles. The molecule has 2 heterocycles. The molecule has 1 aliphatic heterocycles. The summed E-state index contributed by atoms with van der Waals surface area (Å²) in [5.41, 5.74) is 1.59. The number of aromatic nitrogens is 1. The van der Waals surface area contributed by atoms with Crippen molar-refractivity contribution in [2.45, 2.75) is 19.4 Å². The van der Waals surface area contributed by atoms with Crippen LogP contribution in [0.3, 0.4) is 0 Å². The standard InChI is InChI=1S/C17H18ClN3O/c18-15-8-2-1-6-13(15)12-20-17(22)14-7-5-9-19-16(14)21-10-3-4-11-21/h1-2,5-9H,3-4,10-12H2,(H,20,22)/p+1. The number of carbonyl (C=O) groups is 1. The van der Waals surface area contributed by atoms with Crippen LogP contribution in [0.2, 0.25) is 5.02 Å². The number of halogens is 1. The minimum atomic E-state index is -0.0846. The van der Waals surface area contributed by atoms with E-state index in [0.717, 1.165) is 24.5 Å². The molecule has 5 heteroatoms. The molecule has 1 aliphatic rings. The first kappa shape index (κ1) is 14.9. The van der Waals surface area contributed by atoms with Crippen LogP contribution in [0.5, 0.6) is 0 Å². The van der Waals surface area contributed by atoms with Gasteiger partial charge in [-0.05, 0) is 36.6 Å². The highest BCUT2D eigenvalue weighted by Gasteiger charge is 2.26. The molecule has 0 radical (unpaired) electrons. The molecule has 22 heavy (non-hydrogen) atoms. The first-order valence-electron chi connectivity index (χ1n) is 7.53. The highest BCUT2D eigenvalue weighted by Crippen LogP contribution is 2.20. The molecule has 4 nitrogen and oxygen atoms in total. The van der Waals surface area contributed by atoms with Crippen molar-refractivity contribution in [1.82, 2.24) is 5.32 Å². The van der Waals surface area contributed by atoms with Gasteiger partial charge in [0.25, 0.3) is 11.7 Å². The van der Waals surface area contributed by atoms with Crippen LogP contribution in [0, 0.1) is 0 Å². The average molecular weight is 317 g/mol. The topological polar surface area (TPSA) is 46.5 Å². The number of H-pyrrole nitrogens is 1. The van der Waals surface area contributed by atoms with Crippen LogP contribution >= 0.6 is 11.6 Å². The number of aromatic amines is 1. The second kappa shape index (κ2) is 6.79. The lowest BCUT2D eigenvalue weighted by Gasteiger charge is -2.13. The number of nitrogens with zero attached hydrogens (tertiary/aromatic N) is 1. The summed E-state index contributed by atoms with van der Waals surface area (Å²) in [7, 11) is 0. The van der Waals surface area contributed by atoms with Crippen LogP contribution in [0.4, 0.5) is 5.82 Å². The second-order valence-electron chi connectivity index (χ2n) is 5.40. The second-order valence-corrected chi connectivity index (χ2v) is 5.81. The number of hydrogen-bond acceptors (Lipinski definition) is 2. The Kier molecular flexibility index (Phi) is 4.59. The average Bonchev–Trinajstić information content (AvgIpc) is 3.08. The molecule has 0 atom stereocenters. The van der Waals surface area contributed by atoms with E-state index >= 15 is 0 Å². The van der Waals surface area contributed by atoms with Gasteiger partial charge in [0.1, 0.15) is 5.56 Å². The SMILES string of the molecule is O=C(NCc1ccccc1Cl)c1ccc[nH+]c1N1CCCC1. The van der Waals surface area contributed by atoms with Crippen molar-refractivity contribution >= 4 is 23.3 Å². The van der Waals surface area contributed by atoms with E-state index in [0.29, 0.717) is 17.1 Å². The summed E-state index contributed by atoms with van der Waals surface area (Å²) in [5.74, 6) is 0.815. The molecular formula is C17H19ClN3O+. The normalized spacial score (nSPS) is 14.1. The lowest BCUT2D eigenvalue weighted by Crippen LogP contribution is -2.32. The van der Waals surface area contributed by atoms with Crippen LogP contribution in [0.15, 0.2) is 42.6 Å². The third-order valence-corrected chi connectivity index (χ3v) is 4.27. The lowest BCUT2D eigenvalue weighted by atomic mass is 10.2. The molecule has 1 aromatic carbocycles. The Labute approximate surface area is 135 Å². The maximum Gasteiger partial charge on any atom is 0.287 e. The molecule has 1 fully saturated rings. The number of benzene rings is 1. The molecule has 0 unspecified atom stereocenters. The highest BCUT2D eigenvalue weighted by molar-refractivity contribution is 6.31. The fourth-order valence-electron chi connectivity index (χ4n) is 2.73. The Morgan fingerprint density at radius 3 is 2.73 bits per heavy atom. The van der Waals surface area contributed by atoms with Crippen molar-refractivity contribution in [3.05, 3.63) is 58.7 Å². The number of rotatable bonds is 4. The van der Waals surface area contributed by atoms with Crippen molar-refractivity contribution in [2.24, 2.45) is 0 Å². The fraction of sp³-hybridized carbons (Fsp3) is 0.294. The number of pyridine rings is 1. The van der Waals surface area contributed by atoms with Crippen molar-refractivity contribution in [3.8, 4) is 0 Å². The maximum absolute atomic E-state index is 12.5. The molecular weight excluding hydrogens is 298 g/mol. The van der Waals surface area contributed by atoms with Crippen molar-refractivity contribution in [2.75, 3.05) is 18.0 Å². The summed E-state index contributed by atoms with van der Waals surface area (Å²) in [6, 6.07) is 11.2. The van der Waals surface area contributed by atoms with E-state index in [-0.39, 0.29) is 5.91 Å². The van der Waals surface area contributed by atoms with Gasteiger partial charge >= 0.3 is 0 Å². The largest absolute Gasteiger partial charge is 0.348 e. The van der Waals surface area contributed by atoms with Crippen LogP contribution in [0.25, 0.3) is 0 Å². The van der Waals surface area contributed by atoms with Crippen molar-refractivity contribution in [1.29, 1.82) is 0 Å². The monoisotopic (exact) mass is 316 g/mol. The van der Waals surface area contributed by atoms with Gasteiger partial charge in [-0.3, -0.25) is 9.69 Å². The minimum absolute atomic E-state index is 0.0846. The maximum atomic E-state index is 12.5. The van der Waals surface area contributed by atoms with Crippen LogP contribution in [-0.2, 0) is 6.54 Å². The minimum Gasteiger partial charge on any atom is -0.348 e. The zero-order valence-electron chi connectivity index (χ0n) is 12.3. The van der Waals surface area contributed by atoms with Gasteiger partial charge < -0.3 is 5.32 Å². The van der Waals surface area contributed by atoms with Crippen molar-refractivity contribution < 1.29 is 9.78 Å². The molecule has 0 bridgehead atoms. The zero-order chi connectivity index (χ0) is 15.4. The van der Waals surface area contributed by atoms with Crippen LogP contribution < -0.4 is 15.2 Å². The molecule has 0 spiro atoms. The quantitative estimate of drug-likeness (QED) is 0.942. The zero-order valence-corrected chi connectivity index (χ0v) is 13.1. The third kappa shape index (κ3) is 3.22. The Morgan fingerprint density at radius 2 is 1.95 bits per heavy atom. The summed E-state index contributed by atoms with van der Waals surface area (Å²) in [5, 5.41) is 3.62. The van der Waals surface area contributed by atoms with Gasteiger partial charge in [0.05, 0.1) is 19.3 Å². The van der Waals surface area contributed by atoms with Crippen LogP contribution in [-0.4, -0.2) is 19.0 Å². The smallest absolute Gasteiger partial charge is 0.287 e. The van der Waals surface area contributed by atoms with E-state index in [1.165, 1.54) is 12.8 Å². The summed E-state index contributed by atoms with van der Waals surface area (Å²) in [6.07, 6.45) is 4.20. The van der Waals surface area contributed by atoms with E-state index in [1.54, 1.807) is 0 Å². The molecule has 0 saturated carbocycles. The molecule has 3 rings (SSSR count). The number of carbonyl (C=O) groups excluding carboxylic acids is 1. The lowest BCUT2D eigenvalue weighted by molar-refractivity contribution is -0.364. The summed E-state index contributed by atoms with van der Waals surface area (Å²) < 4.78 is 0. The Bertz CT molecular complexity index is 668. The van der Waals surface area contributed by atoms with Gasteiger partial charge in [-0.25, -0.2) is 4.98 Å². The molecule has 1 saturated heterocycles. The van der Waals surface area contributed by atoms with Gasteiger partial charge in [0.15, 0.2) is 0 Å². The third-order valence-electron chi connectivity index (χ3n) is 3.90. The van der Waals surface area contributed by atoms with E-state index < -0.39 is 0 Å². The molecule has 2 aromatic rings. The van der Waals surface area contributed by atoms with Gasteiger partial charge in [0, 0.05) is 11.6 Å². The Morgan fingerprint density at radius 1 is 1.18 bits per heavy atom. The van der Waals surface area contributed by atoms with Gasteiger partial charge in [-0.2, -0.15) is 0 Å². The van der Waals surface area contributed by atoms with E-state index in [9.17, 15) is 4.79 Å². The van der Waals surface area contributed by atoms with Gasteiger partial charge in [-0.1, -0.05) is 29.8 Å². The summed E-state index contributed by atoms with van der Waals surface area (Å²) in [4.78, 5) is 17.9. The van der Waals surface area contributed by atoms with Gasteiger partial charge in [-0.15, -0.1) is 0 Å². The summed E-state index contributed by atoms with van der Waals surface area (Å²) in [6.45, 7) is 2.41. The fourth-order valence-corrected chi connectivity index (χ4v) is 2.93. The predicted octanol–water partition coefficient (Wildman–Crippen LogP) is 2.68. The number of hydrogen-bond donors (Lipinski definition) is 1. The molecule has 2 N–H and O–H groups in total. The van der Waals surface area contributed by atoms with Gasteiger partial charge in [0.2, 0.25) is 0 Å². The predicted molar refractivity (Wildman–Crippen MR) is 87.1 cm³/mol. The number of anilines is 1. The Balaban J connectivity index is 1.74. The van der Waals surface area contributed by atoms with E-state index in [2.05, 4.69) is 15.2 Å². The molecule has 1 aromatic heterocycles. The summed E-state index contributed by atoms with van der Waals surface area (Å²) >= 11 is 6.12. The van der Waals surface area contributed by atoms with Crippen molar-refractivity contribution in [3.63, 3.8) is 0 Å². The molecule has 1 amide bonds. The van der Waals surface area contributed by atoms with Crippen LogP contribution in [0.1, 0.15) is 28.8 Å². The highest BCUT2D eigenvalue weighted by atomic mass is 35.5. The first-order valence-corrected chi connectivity index (χ1v) is 7.91. The van der Waals surface area contributed by atoms with E-state index in [1.807, 2.05) is 42.6 Å². The first-order chi connectivity index (χ1) is 10.8. The number of nitrogens with one attached hydrogen (secondary N) is 2. The van der Waals surface area contributed by atoms with E-state index in [4.69, 9.17) is 11.6 Å². The Hall–Kier alpha value is -2.07. The molecule has 114 valence electrons. The number of amides is 1.